The van der Waals surface area contributed by atoms with Gasteiger partial charge in [0, 0.05) is 25.5 Å². The number of Topliss-reactive ketones (excluding diaryl/α,β-unsaturated/α-hetero) is 1. The van der Waals surface area contributed by atoms with Crippen molar-refractivity contribution in [3.63, 3.8) is 0 Å². The van der Waals surface area contributed by atoms with Gasteiger partial charge in [-0.25, -0.2) is 4.39 Å². The fourth-order valence-electron chi connectivity index (χ4n) is 3.15. The summed E-state index contributed by atoms with van der Waals surface area (Å²) in [7, 11) is 0. The average molecular weight is 360 g/mol. The van der Waals surface area contributed by atoms with Gasteiger partial charge in [-0.2, -0.15) is 0 Å². The number of hydrogen-bond donors (Lipinski definition) is 0. The summed E-state index contributed by atoms with van der Waals surface area (Å²) in [5.74, 6) is 0.114. The fraction of sp³-hybridized carbons (Fsp3) is 0.565. The summed E-state index contributed by atoms with van der Waals surface area (Å²) in [6, 6.07) is 0. The monoisotopic (exact) mass is 359 g/mol. The predicted octanol–water partition coefficient (Wildman–Crippen LogP) is 7.19. The molecule has 3 heteroatoms. The van der Waals surface area contributed by atoms with Gasteiger partial charge in [-0.1, -0.05) is 51.0 Å². The van der Waals surface area contributed by atoms with Gasteiger partial charge in [0.15, 0.2) is 0 Å². The van der Waals surface area contributed by atoms with Crippen LogP contribution < -0.4 is 0 Å². The standard InChI is InChI=1S/C23H34FNO/c1-4-12-21(26)17-19(3)13-10-8-6-7-9-11-14-22-20(5-2)15-16-25-18-23(22)24/h10,13,16,18H,3-9,11-12,14-15,17H2,1-2H3/b13-10-. The minimum absolute atomic E-state index is 0.158. The zero-order chi connectivity index (χ0) is 19.2. The molecule has 0 N–H and O–H groups in total. The van der Waals surface area contributed by atoms with E-state index in [1.807, 2.05) is 13.0 Å². The van der Waals surface area contributed by atoms with Crippen molar-refractivity contribution in [3.8, 4) is 0 Å². The van der Waals surface area contributed by atoms with Gasteiger partial charge in [0.1, 0.15) is 11.6 Å². The van der Waals surface area contributed by atoms with Crippen LogP contribution in [0.1, 0.15) is 84.5 Å². The van der Waals surface area contributed by atoms with Crippen molar-refractivity contribution in [2.45, 2.75) is 84.5 Å². The van der Waals surface area contributed by atoms with Crippen molar-refractivity contribution in [3.05, 3.63) is 47.5 Å². The Hall–Kier alpha value is -1.77. The van der Waals surface area contributed by atoms with Crippen molar-refractivity contribution in [2.75, 3.05) is 0 Å². The Balaban J connectivity index is 2.19. The van der Waals surface area contributed by atoms with Gasteiger partial charge in [-0.05, 0) is 49.7 Å². The molecule has 144 valence electrons. The molecule has 0 unspecified atom stereocenters. The largest absolute Gasteiger partial charge is 0.299 e. The molecule has 0 saturated heterocycles. The van der Waals surface area contributed by atoms with Gasteiger partial charge in [-0.3, -0.25) is 9.79 Å². The molecule has 1 aliphatic rings. The van der Waals surface area contributed by atoms with Gasteiger partial charge in [0.25, 0.3) is 0 Å². The Morgan fingerprint density at radius 1 is 1.27 bits per heavy atom. The van der Waals surface area contributed by atoms with Gasteiger partial charge >= 0.3 is 0 Å². The Labute approximate surface area is 158 Å². The SMILES string of the molecule is C=C(/C=C\CCCCCCC1=C(CC)CC=NC=C1F)CC(=O)CCC. The van der Waals surface area contributed by atoms with E-state index < -0.39 is 0 Å². The van der Waals surface area contributed by atoms with Crippen molar-refractivity contribution in [1.82, 2.24) is 0 Å². The lowest BCUT2D eigenvalue weighted by molar-refractivity contribution is -0.118. The number of carbonyl (C=O) groups excluding carboxylic acids is 1. The van der Waals surface area contributed by atoms with Crippen molar-refractivity contribution < 1.29 is 9.18 Å². The number of halogens is 1. The highest BCUT2D eigenvalue weighted by Crippen LogP contribution is 2.28. The molecule has 0 bridgehead atoms. The quantitative estimate of drug-likeness (QED) is 0.253. The molecule has 0 aromatic carbocycles. The lowest BCUT2D eigenvalue weighted by Gasteiger charge is -2.10. The van der Waals surface area contributed by atoms with E-state index in [0.29, 0.717) is 12.8 Å². The number of allylic oxidation sites excluding steroid dienone is 6. The number of aliphatic imine (C=N–C) groups is 1. The molecular weight excluding hydrogens is 325 g/mol. The van der Waals surface area contributed by atoms with Crippen LogP contribution in [0.4, 0.5) is 4.39 Å². The van der Waals surface area contributed by atoms with Crippen molar-refractivity contribution >= 4 is 12.0 Å². The van der Waals surface area contributed by atoms with Crippen LogP contribution in [-0.2, 0) is 4.79 Å². The zero-order valence-electron chi connectivity index (χ0n) is 16.5. The zero-order valence-corrected chi connectivity index (χ0v) is 16.5. The Kier molecular flexibility index (Phi) is 11.5. The van der Waals surface area contributed by atoms with E-state index in [2.05, 4.69) is 24.6 Å². The fourth-order valence-corrected chi connectivity index (χ4v) is 3.15. The molecule has 0 spiro atoms. The van der Waals surface area contributed by atoms with Gasteiger partial charge in [0.2, 0.25) is 0 Å². The maximum atomic E-state index is 14.1. The second kappa shape index (κ2) is 13.4. The summed E-state index contributed by atoms with van der Waals surface area (Å²) in [6.07, 6.45) is 17.1. The van der Waals surface area contributed by atoms with Crippen LogP contribution in [0.15, 0.2) is 52.5 Å². The molecule has 1 heterocycles. The van der Waals surface area contributed by atoms with Crippen LogP contribution in [0.3, 0.4) is 0 Å². The highest BCUT2D eigenvalue weighted by atomic mass is 19.1. The van der Waals surface area contributed by atoms with E-state index in [9.17, 15) is 9.18 Å². The maximum absolute atomic E-state index is 14.1. The molecule has 0 aliphatic carbocycles. The van der Waals surface area contributed by atoms with E-state index in [1.54, 1.807) is 6.21 Å². The third kappa shape index (κ3) is 9.07. The molecule has 0 fully saturated rings. The first-order chi connectivity index (χ1) is 12.6. The average Bonchev–Trinajstić information content (AvgIpc) is 2.78. The molecule has 1 aliphatic heterocycles. The van der Waals surface area contributed by atoms with E-state index in [1.165, 1.54) is 11.8 Å². The molecule has 0 saturated carbocycles. The lowest BCUT2D eigenvalue weighted by Crippen LogP contribution is -1.96. The van der Waals surface area contributed by atoms with Crippen LogP contribution in [-0.4, -0.2) is 12.0 Å². The Bertz CT molecular complexity index is 581. The maximum Gasteiger partial charge on any atom is 0.144 e. The molecule has 0 radical (unpaired) electrons. The molecule has 0 amide bonds. The molecule has 2 nitrogen and oxygen atoms in total. The summed E-state index contributed by atoms with van der Waals surface area (Å²) < 4.78 is 14.1. The van der Waals surface area contributed by atoms with Gasteiger partial charge in [0.05, 0.1) is 6.20 Å². The first kappa shape index (κ1) is 22.3. The smallest absolute Gasteiger partial charge is 0.144 e. The number of hydrogen-bond acceptors (Lipinski definition) is 2. The minimum Gasteiger partial charge on any atom is -0.299 e. The highest BCUT2D eigenvalue weighted by Gasteiger charge is 2.12. The first-order valence-electron chi connectivity index (χ1n) is 10.0. The summed E-state index contributed by atoms with van der Waals surface area (Å²) >= 11 is 0. The predicted molar refractivity (Wildman–Crippen MR) is 110 cm³/mol. The third-order valence-electron chi connectivity index (χ3n) is 4.63. The molecular formula is C23H34FNO. The second-order valence-corrected chi connectivity index (χ2v) is 6.93. The minimum atomic E-state index is -0.158. The van der Waals surface area contributed by atoms with Crippen molar-refractivity contribution in [2.24, 2.45) is 4.99 Å². The summed E-state index contributed by atoms with van der Waals surface area (Å²) in [6.45, 7) is 8.04. The normalized spacial score (nSPS) is 14.7. The van der Waals surface area contributed by atoms with E-state index in [0.717, 1.165) is 68.9 Å². The molecule has 0 aromatic heterocycles. The molecule has 0 aromatic rings. The Morgan fingerprint density at radius 3 is 2.77 bits per heavy atom. The number of nitrogens with zero attached hydrogens (tertiary/aromatic N) is 1. The second-order valence-electron chi connectivity index (χ2n) is 6.93. The van der Waals surface area contributed by atoms with Crippen LogP contribution in [0.2, 0.25) is 0 Å². The van der Waals surface area contributed by atoms with E-state index >= 15 is 0 Å². The number of rotatable bonds is 13. The van der Waals surface area contributed by atoms with Crippen LogP contribution >= 0.6 is 0 Å². The van der Waals surface area contributed by atoms with Crippen LogP contribution in [0.5, 0.6) is 0 Å². The molecule has 26 heavy (non-hydrogen) atoms. The molecule has 1 rings (SSSR count). The number of unbranched alkanes of at least 4 members (excludes halogenated alkanes) is 4. The number of ketones is 1. The van der Waals surface area contributed by atoms with E-state index in [4.69, 9.17) is 0 Å². The van der Waals surface area contributed by atoms with Gasteiger partial charge in [-0.15, -0.1) is 0 Å². The number of carbonyl (C=O) groups is 1. The van der Waals surface area contributed by atoms with Crippen molar-refractivity contribution in [1.29, 1.82) is 0 Å². The Morgan fingerprint density at radius 2 is 2.04 bits per heavy atom. The van der Waals surface area contributed by atoms with Crippen LogP contribution in [0.25, 0.3) is 0 Å². The third-order valence-corrected chi connectivity index (χ3v) is 4.63. The summed E-state index contributed by atoms with van der Waals surface area (Å²) in [4.78, 5) is 15.5. The first-order valence-corrected chi connectivity index (χ1v) is 10.0. The lowest BCUT2D eigenvalue weighted by atomic mass is 9.97. The van der Waals surface area contributed by atoms with Crippen LogP contribution in [0, 0.1) is 0 Å². The summed E-state index contributed by atoms with van der Waals surface area (Å²) in [5, 5.41) is 0. The highest BCUT2D eigenvalue weighted by molar-refractivity contribution is 5.81. The molecule has 0 atom stereocenters. The summed E-state index contributed by atoms with van der Waals surface area (Å²) in [5.41, 5.74) is 2.96. The topological polar surface area (TPSA) is 29.4 Å². The van der Waals surface area contributed by atoms with Gasteiger partial charge < -0.3 is 0 Å². The van der Waals surface area contributed by atoms with E-state index in [-0.39, 0.29) is 11.6 Å².